The van der Waals surface area contributed by atoms with Gasteiger partial charge in [-0.25, -0.2) is 24.9 Å². The molecule has 7 heterocycles. The van der Waals surface area contributed by atoms with Crippen molar-refractivity contribution in [1.82, 2.24) is 29.3 Å². The second kappa shape index (κ2) is 16.0. The lowest BCUT2D eigenvalue weighted by molar-refractivity contribution is 1.27. The molecule has 16 rings (SSSR count). The van der Waals surface area contributed by atoms with Gasteiger partial charge in [0.15, 0.2) is 0 Å². The molecule has 9 nitrogen and oxygen atoms in total. The van der Waals surface area contributed by atoms with Gasteiger partial charge in [0.1, 0.15) is 5.84 Å². The smallest absolute Gasteiger partial charge is 0.140 e. The van der Waals surface area contributed by atoms with E-state index in [0.717, 1.165) is 159 Å². The molecular weight excluding hydrogens is 947 g/mol. The number of fused-ring (bicyclic) bond motifs is 9. The minimum absolute atomic E-state index is 0.694. The standard InChI is InChI=1S/C63H35N9S2/c1-2-18-42-37(11-1)33-41-38(15-7-21-43(41)65-42)39-16-8-25-51-61(39)74-62-56(63-70-46-22-5-12-34-13-6-23-47(71-63)52(34)46)54(48-29-28-36-27-26-35-14-10-31-64-57(35)58(36)68-48)53(55(60(62)69-51)49-30-32-73-72-49)40-17-9-24-50-59(40)67-45-20-4-3-19-44(45)66-50/h1-33,69H,(H,70,71). The van der Waals surface area contributed by atoms with Gasteiger partial charge in [-0.2, -0.15) is 4.37 Å². The Morgan fingerprint density at radius 2 is 1.11 bits per heavy atom. The fourth-order valence-electron chi connectivity index (χ4n) is 11.1. The number of nitrogens with zero attached hydrogens (tertiary/aromatic N) is 7. The number of hydrogen-bond donors (Lipinski definition) is 2. The van der Waals surface area contributed by atoms with Gasteiger partial charge in [-0.1, -0.05) is 127 Å². The molecule has 0 unspecified atom stereocenters. The second-order valence-electron chi connectivity index (χ2n) is 18.6. The second-order valence-corrected chi connectivity index (χ2v) is 20.3. The summed E-state index contributed by atoms with van der Waals surface area (Å²) >= 11 is 3.18. The number of pyridine rings is 3. The first kappa shape index (κ1) is 41.2. The van der Waals surface area contributed by atoms with Crippen LogP contribution in [0.25, 0.3) is 121 Å². The molecule has 74 heavy (non-hydrogen) atoms. The lowest BCUT2D eigenvalue weighted by atomic mass is 9.84. The van der Waals surface area contributed by atoms with Crippen LogP contribution in [0.5, 0.6) is 0 Å². The summed E-state index contributed by atoms with van der Waals surface area (Å²) in [5.74, 6) is 0.694. The maximum atomic E-state index is 5.73. The number of anilines is 3. The van der Waals surface area contributed by atoms with Crippen molar-refractivity contribution in [2.24, 2.45) is 4.99 Å². The summed E-state index contributed by atoms with van der Waals surface area (Å²) in [4.78, 5) is 34.2. The Balaban J connectivity index is 1.07. The minimum atomic E-state index is 0.694. The van der Waals surface area contributed by atoms with Crippen molar-refractivity contribution in [1.29, 1.82) is 0 Å². The third-order valence-electron chi connectivity index (χ3n) is 14.4. The van der Waals surface area contributed by atoms with Gasteiger partial charge in [0, 0.05) is 81.8 Å². The first-order valence-electron chi connectivity index (χ1n) is 24.4. The molecule has 0 radical (unpaired) electrons. The fourth-order valence-corrected chi connectivity index (χ4v) is 12.9. The minimum Gasteiger partial charge on any atom is -0.353 e. The predicted octanol–water partition coefficient (Wildman–Crippen LogP) is 16.6. The molecular formula is C63H35N9S2. The summed E-state index contributed by atoms with van der Waals surface area (Å²) in [5.41, 5.74) is 18.7. The van der Waals surface area contributed by atoms with Crippen molar-refractivity contribution < 1.29 is 0 Å². The van der Waals surface area contributed by atoms with Crippen LogP contribution in [0.2, 0.25) is 0 Å². The SMILES string of the molecule is c1cc2c(c(-c3cccc4nc5ccccc5cc34)c1)Sc1c(c(-c3ccsn3)c(-c3cccc4nc5ccccc5nc34)c(-c3ccc4ccc5cccnc5c4n3)c1C1=Nc3cccc4cccc(c34)N1)N2. The maximum Gasteiger partial charge on any atom is 0.140 e. The van der Waals surface area contributed by atoms with Crippen molar-refractivity contribution in [3.05, 3.63) is 205 Å². The van der Waals surface area contributed by atoms with Gasteiger partial charge in [0.2, 0.25) is 0 Å². The maximum absolute atomic E-state index is 5.73. The van der Waals surface area contributed by atoms with E-state index < -0.39 is 0 Å². The normalized spacial score (nSPS) is 12.8. The van der Waals surface area contributed by atoms with E-state index >= 15 is 0 Å². The summed E-state index contributed by atoms with van der Waals surface area (Å²) in [7, 11) is 0. The van der Waals surface area contributed by atoms with Gasteiger partial charge >= 0.3 is 0 Å². The highest BCUT2D eigenvalue weighted by atomic mass is 32.2. The van der Waals surface area contributed by atoms with Crippen molar-refractivity contribution in [2.45, 2.75) is 9.79 Å². The highest BCUT2D eigenvalue weighted by Crippen LogP contribution is 2.59. The molecule has 0 saturated carbocycles. The Morgan fingerprint density at radius 3 is 2.00 bits per heavy atom. The molecule has 2 aliphatic heterocycles. The van der Waals surface area contributed by atoms with Crippen LogP contribution in [0.15, 0.2) is 214 Å². The third-order valence-corrected chi connectivity index (χ3v) is 16.2. The van der Waals surface area contributed by atoms with Crippen LogP contribution in [0, 0.1) is 0 Å². The van der Waals surface area contributed by atoms with Gasteiger partial charge in [0.25, 0.3) is 0 Å². The van der Waals surface area contributed by atoms with E-state index in [1.54, 1.807) is 11.8 Å². The highest BCUT2D eigenvalue weighted by Gasteiger charge is 2.36. The molecule has 0 bridgehead atoms. The number of amidine groups is 1. The summed E-state index contributed by atoms with van der Waals surface area (Å²) in [6.45, 7) is 0. The quantitative estimate of drug-likeness (QED) is 0.129. The van der Waals surface area contributed by atoms with E-state index in [0.29, 0.717) is 5.84 Å². The zero-order valence-corrected chi connectivity index (χ0v) is 40.6. The zero-order valence-electron chi connectivity index (χ0n) is 39.0. The van der Waals surface area contributed by atoms with Crippen LogP contribution in [-0.4, -0.2) is 35.1 Å². The first-order valence-corrected chi connectivity index (χ1v) is 26.0. The lowest BCUT2D eigenvalue weighted by Crippen LogP contribution is -2.21. The molecule has 0 amide bonds. The number of hydrogen-bond acceptors (Lipinski definition) is 11. The molecule has 14 aromatic rings. The molecule has 0 saturated heterocycles. The highest BCUT2D eigenvalue weighted by molar-refractivity contribution is 8.00. The Labute approximate surface area is 430 Å². The molecule has 5 aromatic heterocycles. The Morgan fingerprint density at radius 1 is 0.405 bits per heavy atom. The first-order chi connectivity index (χ1) is 36.7. The van der Waals surface area contributed by atoms with Crippen molar-refractivity contribution in [3.63, 3.8) is 0 Å². The molecule has 9 aromatic carbocycles. The lowest BCUT2D eigenvalue weighted by Gasteiger charge is -2.32. The average Bonchev–Trinajstić information content (AvgIpc) is 4.05. The topological polar surface area (TPSA) is 114 Å². The van der Waals surface area contributed by atoms with Crippen LogP contribution < -0.4 is 10.6 Å². The van der Waals surface area contributed by atoms with Gasteiger partial charge < -0.3 is 10.6 Å². The predicted molar refractivity (Wildman–Crippen MR) is 305 cm³/mol. The Kier molecular flexibility index (Phi) is 8.94. The van der Waals surface area contributed by atoms with Crippen LogP contribution in [-0.2, 0) is 0 Å². The summed E-state index contributed by atoms with van der Waals surface area (Å²) in [6.07, 6.45) is 1.84. The van der Waals surface area contributed by atoms with E-state index in [1.165, 1.54) is 11.5 Å². The summed E-state index contributed by atoms with van der Waals surface area (Å²) in [5, 5.41) is 16.4. The molecule has 11 heteroatoms. The van der Waals surface area contributed by atoms with Gasteiger partial charge in [-0.15, -0.1) is 0 Å². The van der Waals surface area contributed by atoms with Gasteiger partial charge in [-0.3, -0.25) is 4.98 Å². The summed E-state index contributed by atoms with van der Waals surface area (Å²) < 4.78 is 5.19. The van der Waals surface area contributed by atoms with E-state index in [2.05, 4.69) is 156 Å². The Hall–Kier alpha value is -9.42. The molecule has 0 atom stereocenters. The number of para-hydroxylation sites is 4. The number of benzene rings is 9. The molecule has 2 aliphatic rings. The molecule has 2 N–H and O–H groups in total. The number of aliphatic imine (C=N–C) groups is 1. The molecule has 344 valence electrons. The zero-order chi connectivity index (χ0) is 48.4. The van der Waals surface area contributed by atoms with Crippen molar-refractivity contribution >= 4 is 128 Å². The molecule has 0 spiro atoms. The fraction of sp³-hybridized carbons (Fsp3) is 0. The monoisotopic (exact) mass is 981 g/mol. The summed E-state index contributed by atoms with van der Waals surface area (Å²) in [6, 6.07) is 65.4. The van der Waals surface area contributed by atoms with Crippen LogP contribution in [0.4, 0.5) is 22.7 Å². The van der Waals surface area contributed by atoms with Crippen molar-refractivity contribution in [3.8, 4) is 44.8 Å². The molecule has 0 aliphatic carbocycles. The van der Waals surface area contributed by atoms with Crippen LogP contribution in [0.1, 0.15) is 5.56 Å². The third kappa shape index (κ3) is 6.27. The van der Waals surface area contributed by atoms with E-state index in [4.69, 9.17) is 34.3 Å². The number of aromatic nitrogens is 6. The van der Waals surface area contributed by atoms with Crippen LogP contribution >= 0.6 is 23.3 Å². The average molecular weight is 982 g/mol. The molecule has 0 fully saturated rings. The van der Waals surface area contributed by atoms with Gasteiger partial charge in [-0.05, 0) is 101 Å². The van der Waals surface area contributed by atoms with E-state index in [-0.39, 0.29) is 0 Å². The number of nitrogens with one attached hydrogen (secondary N) is 2. The van der Waals surface area contributed by atoms with Gasteiger partial charge in [0.05, 0.1) is 72.6 Å². The largest absolute Gasteiger partial charge is 0.353 e. The number of rotatable bonds is 5. The van der Waals surface area contributed by atoms with Crippen LogP contribution in [0.3, 0.4) is 0 Å². The van der Waals surface area contributed by atoms with E-state index in [9.17, 15) is 0 Å². The van der Waals surface area contributed by atoms with E-state index in [1.807, 2.05) is 54.0 Å². The Bertz CT molecular complexity index is 4780. The van der Waals surface area contributed by atoms with Crippen molar-refractivity contribution in [2.75, 3.05) is 10.6 Å².